The number of rotatable bonds is 3. The van der Waals surface area contributed by atoms with Gasteiger partial charge in [-0.05, 0) is 79.0 Å². The number of carbonyl (C=O) groups excluding carboxylic acids is 4. The second-order valence-corrected chi connectivity index (χ2v) is 12.7. The quantitative estimate of drug-likeness (QED) is 0.0942. The molecule has 3 aromatic heterocycles. The lowest BCUT2D eigenvalue weighted by Gasteiger charge is -2.19. The van der Waals surface area contributed by atoms with Crippen molar-refractivity contribution in [3.05, 3.63) is 91.8 Å². The third kappa shape index (κ3) is 77.3. The van der Waals surface area contributed by atoms with Gasteiger partial charge in [-0.2, -0.15) is 31.2 Å². The van der Waals surface area contributed by atoms with Gasteiger partial charge in [0.25, 0.3) is 0 Å². The summed E-state index contributed by atoms with van der Waals surface area (Å²) in [5, 5.41) is 5.28. The van der Waals surface area contributed by atoms with Gasteiger partial charge in [0.05, 0.1) is 5.34 Å². The van der Waals surface area contributed by atoms with E-state index in [4.69, 9.17) is 43.2 Å². The first kappa shape index (κ1) is 76.0. The van der Waals surface area contributed by atoms with E-state index < -0.39 is 24.6 Å². The molecule has 0 aromatic carbocycles. The van der Waals surface area contributed by atoms with Gasteiger partial charge in [0.15, 0.2) is 12.4 Å². The molecule has 0 aliphatic carbocycles. The summed E-state index contributed by atoms with van der Waals surface area (Å²) in [4.78, 5) is 50.1. The molecule has 3 aromatic rings. The molecule has 0 atom stereocenters. The van der Waals surface area contributed by atoms with Crippen LogP contribution in [0.15, 0.2) is 91.8 Å². The van der Waals surface area contributed by atoms with Crippen molar-refractivity contribution < 1.29 is 93.1 Å². The predicted octanol–water partition coefficient (Wildman–Crippen LogP) is 5.97. The molecule has 0 fully saturated rings. The molecule has 0 radical (unpaired) electrons. The van der Waals surface area contributed by atoms with E-state index in [1.165, 1.54) is 24.5 Å². The molecule has 4 N–H and O–H groups in total. The van der Waals surface area contributed by atoms with E-state index >= 15 is 0 Å². The van der Waals surface area contributed by atoms with Gasteiger partial charge < -0.3 is 49.8 Å². The highest BCUT2D eigenvalue weighted by molar-refractivity contribution is 14.1. The number of aryl methyl sites for hydroxylation is 1. The Morgan fingerprint density at radius 2 is 1.00 bits per heavy atom. The number of hydrogen-bond donors (Lipinski definition) is 3. The Labute approximate surface area is 404 Å². The number of aldehydes is 1. The monoisotopic (exact) mass is 1170 g/mol. The molecule has 0 aliphatic heterocycles. The molecule has 0 unspecified atom stereocenters. The molecule has 0 saturated carbocycles. The van der Waals surface area contributed by atoms with Gasteiger partial charge in [-0.1, -0.05) is 55.1 Å². The van der Waals surface area contributed by atoms with Crippen LogP contribution in [0.2, 0.25) is 0 Å². The highest BCUT2D eigenvalue weighted by Gasteiger charge is 2.44. The maximum atomic E-state index is 11.6. The van der Waals surface area contributed by atoms with Crippen LogP contribution in [0.1, 0.15) is 69.7 Å². The smallest absolute Gasteiger partial charge is 0.498 e. The summed E-state index contributed by atoms with van der Waals surface area (Å²) in [6, 6.07) is 16.2. The van der Waals surface area contributed by atoms with Gasteiger partial charge in [0.2, 0.25) is 18.7 Å². The van der Waals surface area contributed by atoms with Crippen molar-refractivity contribution in [2.45, 2.75) is 93.3 Å². The van der Waals surface area contributed by atoms with Crippen molar-refractivity contribution in [2.24, 2.45) is 12.8 Å². The summed E-state index contributed by atoms with van der Waals surface area (Å²) in [6.45, 7) is 18.6. The van der Waals surface area contributed by atoms with E-state index in [2.05, 4.69) is 43.0 Å². The lowest BCUT2D eigenvalue weighted by atomic mass is 10.2. The van der Waals surface area contributed by atoms with Gasteiger partial charge >= 0.3 is 30.5 Å². The Kier molecular flexibility index (Phi) is 59.8. The number of alkyl carbamates (subject to hydrolysis) is 2. The van der Waals surface area contributed by atoms with E-state index in [1.807, 2.05) is 128 Å². The molecule has 3 rings (SSSR count). The van der Waals surface area contributed by atoms with Gasteiger partial charge in [0.1, 0.15) is 18.2 Å². The molecular formula is C39H65Cl2F6I2N6O7+. The van der Waals surface area contributed by atoms with Crippen LogP contribution in [-0.4, -0.2) is 82.9 Å². The SMILES string of the molecule is C.CCN.CCNC(=O)OC(C)(C)C.CCNC(=O)OC(C)(C)C.CI.C[n+]1ccccc1.ClCCl.O=C(O[n+]1ccccc1)C(F)(F)F.O=CC(F)(F)F.[I-].c1ccncc1. The minimum atomic E-state index is -4.97. The summed E-state index contributed by atoms with van der Waals surface area (Å²) in [5.41, 5.74) is 4.07. The molecule has 0 spiro atoms. The van der Waals surface area contributed by atoms with Crippen LogP contribution in [0.3, 0.4) is 0 Å². The van der Waals surface area contributed by atoms with E-state index in [9.17, 15) is 40.7 Å². The van der Waals surface area contributed by atoms with Crippen molar-refractivity contribution in [1.29, 1.82) is 0 Å². The second-order valence-electron chi connectivity index (χ2n) is 11.9. The molecule has 0 aliphatic rings. The molecule has 62 heavy (non-hydrogen) atoms. The van der Waals surface area contributed by atoms with Crippen LogP contribution < -0.4 is 54.5 Å². The number of hydrogen-bond acceptors (Lipinski definition) is 9. The number of alkyl halides is 9. The third-order valence-corrected chi connectivity index (χ3v) is 4.11. The van der Waals surface area contributed by atoms with Gasteiger partial charge in [-0.3, -0.25) is 9.78 Å². The van der Waals surface area contributed by atoms with Crippen LogP contribution in [0.5, 0.6) is 0 Å². The molecular weight excluding hydrogens is 1100 g/mol. The molecule has 23 heteroatoms. The summed E-state index contributed by atoms with van der Waals surface area (Å²) in [5.74, 6) is -2.25. The Morgan fingerprint density at radius 3 is 1.18 bits per heavy atom. The fourth-order valence-corrected chi connectivity index (χ4v) is 2.31. The molecule has 362 valence electrons. The molecule has 13 nitrogen and oxygen atoms in total. The predicted molar refractivity (Wildman–Crippen MR) is 236 cm³/mol. The van der Waals surface area contributed by atoms with Gasteiger partial charge in [-0.25, -0.2) is 19.0 Å². The largest absolute Gasteiger partial charge is 1.00 e. The Balaban J connectivity index is -0.0000000918. The fourth-order valence-electron chi connectivity index (χ4n) is 2.31. The zero-order chi connectivity index (χ0) is 48.3. The number of halogens is 10. The third-order valence-electron chi connectivity index (χ3n) is 4.11. The van der Waals surface area contributed by atoms with Crippen LogP contribution in [0.4, 0.5) is 35.9 Å². The molecule has 2 amide bonds. The minimum Gasteiger partial charge on any atom is -1.00 e. The number of pyridine rings is 3. The first-order chi connectivity index (χ1) is 27.7. The lowest BCUT2D eigenvalue weighted by Crippen LogP contribution is -3.00. The number of nitrogens with one attached hydrogen (secondary N) is 2. The van der Waals surface area contributed by atoms with E-state index in [0.717, 1.165) is 6.54 Å². The molecule has 0 bridgehead atoms. The second kappa shape index (κ2) is 48.7. The summed E-state index contributed by atoms with van der Waals surface area (Å²) < 4.78 is 78.7. The number of amides is 2. The maximum absolute atomic E-state index is 11.6. The Morgan fingerprint density at radius 1 is 0.710 bits per heavy atom. The standard InChI is InChI=1S/C7H5F3NO2.2C7H15NO2.C6H8N.C5H5N.C2HF3O.C2H7N.CH2Cl2.CH3I.CH4.HI/c8-7(9,10)6(12)13-11-4-2-1-3-5-11;2*1-5-8-6(9)10-7(2,3)4;1-7-5-3-2-4-6-7;1-2-4-6-5-3-1;3-2(4,5)1-6;1-2-3;2-1-3;1-2;;/h1-5H;2*5H2,1-4H3,(H,8,9);2-6H,1H3;1-5H;1H;2-3H2,1H3;1H2;1H3;1H4;1H/q+1;;;+1;;;;;;;/p-1. The first-order valence-electron chi connectivity index (χ1n) is 17.4. The number of nitrogens with two attached hydrogens (primary N) is 1. The maximum Gasteiger partial charge on any atom is 0.498 e. The minimum absolute atomic E-state index is 0. The highest BCUT2D eigenvalue weighted by atomic mass is 127. The van der Waals surface area contributed by atoms with Crippen molar-refractivity contribution in [2.75, 3.05) is 29.9 Å². The van der Waals surface area contributed by atoms with Crippen LogP contribution in [-0.2, 0) is 26.1 Å². The number of carbonyl (C=O) groups is 4. The van der Waals surface area contributed by atoms with E-state index in [0.29, 0.717) is 17.8 Å². The number of nitrogens with zero attached hydrogens (tertiary/aromatic N) is 3. The van der Waals surface area contributed by atoms with Crippen LogP contribution in [0.25, 0.3) is 0 Å². The zero-order valence-electron chi connectivity index (χ0n) is 36.1. The molecule has 0 saturated heterocycles. The lowest BCUT2D eigenvalue weighted by molar-refractivity contribution is -0.870. The Hall–Kier alpha value is -3.29. The van der Waals surface area contributed by atoms with Crippen molar-refractivity contribution >= 4 is 70.2 Å². The highest BCUT2D eigenvalue weighted by Crippen LogP contribution is 2.14. The summed E-state index contributed by atoms with van der Waals surface area (Å²) >= 11 is 11.7. The van der Waals surface area contributed by atoms with Crippen LogP contribution in [0, 0.1) is 0 Å². The first-order valence-corrected chi connectivity index (χ1v) is 20.6. The average Bonchev–Trinajstić information content (AvgIpc) is 3.14. The van der Waals surface area contributed by atoms with Crippen molar-refractivity contribution in [3.8, 4) is 0 Å². The van der Waals surface area contributed by atoms with Gasteiger partial charge in [-0.15, -0.1) is 23.2 Å². The van der Waals surface area contributed by atoms with E-state index in [1.54, 1.807) is 18.5 Å². The summed E-state index contributed by atoms with van der Waals surface area (Å²) in [7, 11) is 2.00. The average molecular weight is 1170 g/mol. The van der Waals surface area contributed by atoms with Crippen molar-refractivity contribution in [3.63, 3.8) is 0 Å². The number of aromatic nitrogens is 3. The zero-order valence-corrected chi connectivity index (χ0v) is 41.9. The van der Waals surface area contributed by atoms with E-state index in [-0.39, 0.29) is 60.1 Å². The van der Waals surface area contributed by atoms with Gasteiger partial charge in [0, 0.05) is 54.5 Å². The Bertz CT molecular complexity index is 1360. The normalized spacial score (nSPS) is 9.31. The number of ether oxygens (including phenoxy) is 2. The topological polar surface area (TPSA) is 167 Å². The summed E-state index contributed by atoms with van der Waals surface area (Å²) in [6.07, 6.45) is -1.51. The van der Waals surface area contributed by atoms with Crippen LogP contribution >= 0.6 is 45.8 Å². The molecule has 3 heterocycles. The fraction of sp³-hybridized carbons (Fsp3) is 0.513. The van der Waals surface area contributed by atoms with Crippen molar-refractivity contribution in [1.82, 2.24) is 15.6 Å².